The van der Waals surface area contributed by atoms with Gasteiger partial charge in [-0.2, -0.15) is 5.10 Å². The lowest BCUT2D eigenvalue weighted by molar-refractivity contribution is 0.182. The Hall–Kier alpha value is -1.11. The van der Waals surface area contributed by atoms with E-state index in [1.54, 1.807) is 13.3 Å². The van der Waals surface area contributed by atoms with Crippen LogP contribution in [0.15, 0.2) is 11.0 Å². The largest absolute Gasteiger partial charge is 0.383 e. The summed E-state index contributed by atoms with van der Waals surface area (Å²) in [7, 11) is 3.52. The van der Waals surface area contributed by atoms with E-state index in [1.807, 2.05) is 7.05 Å². The van der Waals surface area contributed by atoms with Gasteiger partial charge in [-0.15, -0.1) is 0 Å². The van der Waals surface area contributed by atoms with Gasteiger partial charge in [0.05, 0.1) is 25.0 Å². The van der Waals surface area contributed by atoms with E-state index in [0.29, 0.717) is 19.2 Å². The van der Waals surface area contributed by atoms with Crippen molar-refractivity contribution in [3.63, 3.8) is 0 Å². The molecule has 1 aromatic rings. The van der Waals surface area contributed by atoms with Crippen LogP contribution >= 0.6 is 11.6 Å². The van der Waals surface area contributed by atoms with Gasteiger partial charge in [0, 0.05) is 26.2 Å². The minimum absolute atomic E-state index is 0.249. The zero-order valence-corrected chi connectivity index (χ0v) is 12.7. The molecule has 1 atom stereocenters. The van der Waals surface area contributed by atoms with Gasteiger partial charge in [0.2, 0.25) is 0 Å². The first-order valence-corrected chi connectivity index (χ1v) is 7.22. The minimum atomic E-state index is -0.253. The maximum atomic E-state index is 12.2. The molecule has 0 amide bonds. The summed E-state index contributed by atoms with van der Waals surface area (Å²) in [5, 5.41) is 7.62. The smallest absolute Gasteiger partial charge is 0.287 e. The Morgan fingerprint density at radius 1 is 1.60 bits per heavy atom. The van der Waals surface area contributed by atoms with Crippen molar-refractivity contribution >= 4 is 17.3 Å². The molecule has 0 radical (unpaired) electrons. The minimum Gasteiger partial charge on any atom is -0.383 e. The van der Waals surface area contributed by atoms with Crippen LogP contribution in [0, 0.1) is 0 Å². The van der Waals surface area contributed by atoms with E-state index in [-0.39, 0.29) is 10.6 Å². The second-order valence-corrected chi connectivity index (χ2v) is 5.29. The first kappa shape index (κ1) is 15.3. The number of rotatable bonds is 6. The molecule has 1 aliphatic rings. The van der Waals surface area contributed by atoms with Gasteiger partial charge in [0.1, 0.15) is 5.02 Å². The second-order valence-electron chi connectivity index (χ2n) is 4.91. The molecule has 0 aromatic carbocycles. The highest BCUT2D eigenvalue weighted by Crippen LogP contribution is 2.28. The van der Waals surface area contributed by atoms with Gasteiger partial charge < -0.3 is 15.0 Å². The molecule has 0 aliphatic carbocycles. The number of nitrogens with one attached hydrogen (secondary N) is 1. The summed E-state index contributed by atoms with van der Waals surface area (Å²) < 4.78 is 6.30. The lowest BCUT2D eigenvalue weighted by Gasteiger charge is -2.27. The molecule has 1 N–H and O–H groups in total. The van der Waals surface area contributed by atoms with Crippen LogP contribution in [0.2, 0.25) is 5.02 Å². The molecule has 1 aliphatic heterocycles. The number of halogens is 1. The molecule has 6 nitrogen and oxygen atoms in total. The van der Waals surface area contributed by atoms with E-state index < -0.39 is 0 Å². The molecule has 1 saturated heterocycles. The van der Waals surface area contributed by atoms with E-state index in [1.165, 1.54) is 4.68 Å². The quantitative estimate of drug-likeness (QED) is 0.839. The maximum absolute atomic E-state index is 12.2. The zero-order valence-electron chi connectivity index (χ0n) is 11.9. The van der Waals surface area contributed by atoms with E-state index >= 15 is 0 Å². The third-order valence-corrected chi connectivity index (χ3v) is 3.96. The predicted molar refractivity (Wildman–Crippen MR) is 79.7 cm³/mol. The van der Waals surface area contributed by atoms with Crippen LogP contribution in [0.25, 0.3) is 0 Å². The van der Waals surface area contributed by atoms with Crippen LogP contribution in [0.5, 0.6) is 0 Å². The van der Waals surface area contributed by atoms with Crippen molar-refractivity contribution in [2.75, 3.05) is 38.8 Å². The molecule has 112 valence electrons. The summed E-state index contributed by atoms with van der Waals surface area (Å²) in [4.78, 5) is 14.4. The molecular formula is C13H21ClN4O2. The van der Waals surface area contributed by atoms with E-state index in [2.05, 4.69) is 15.3 Å². The zero-order chi connectivity index (χ0) is 14.5. The highest BCUT2D eigenvalue weighted by molar-refractivity contribution is 6.33. The fraction of sp³-hybridized carbons (Fsp3) is 0.692. The van der Waals surface area contributed by atoms with Gasteiger partial charge in [-0.3, -0.25) is 4.79 Å². The first-order chi connectivity index (χ1) is 9.69. The molecule has 0 saturated carbocycles. The van der Waals surface area contributed by atoms with Gasteiger partial charge in [0.25, 0.3) is 5.56 Å². The number of ether oxygens (including phenoxy) is 1. The van der Waals surface area contributed by atoms with Crippen LogP contribution < -0.4 is 15.8 Å². The Balaban J connectivity index is 2.24. The number of nitrogens with zero attached hydrogens (tertiary/aromatic N) is 3. The third-order valence-electron chi connectivity index (χ3n) is 3.60. The molecule has 2 heterocycles. The van der Waals surface area contributed by atoms with Crippen molar-refractivity contribution in [3.05, 3.63) is 21.6 Å². The van der Waals surface area contributed by atoms with Crippen LogP contribution in [-0.2, 0) is 11.3 Å². The monoisotopic (exact) mass is 300 g/mol. The molecule has 0 bridgehead atoms. The third kappa shape index (κ3) is 3.13. The normalized spacial score (nSPS) is 18.8. The predicted octanol–water partition coefficient (Wildman–Crippen LogP) is 0.731. The maximum Gasteiger partial charge on any atom is 0.287 e. The topological polar surface area (TPSA) is 59.4 Å². The number of likely N-dealkylation sites (N-methyl/N-ethyl adjacent to an activating group) is 1. The van der Waals surface area contributed by atoms with Gasteiger partial charge >= 0.3 is 0 Å². The van der Waals surface area contributed by atoms with Gasteiger partial charge in [-0.05, 0) is 19.9 Å². The van der Waals surface area contributed by atoms with Crippen molar-refractivity contribution in [1.29, 1.82) is 0 Å². The highest BCUT2D eigenvalue weighted by atomic mass is 35.5. The summed E-state index contributed by atoms with van der Waals surface area (Å²) >= 11 is 6.25. The number of hydrogen-bond acceptors (Lipinski definition) is 5. The van der Waals surface area contributed by atoms with Crippen LogP contribution in [0.4, 0.5) is 5.69 Å². The molecule has 1 unspecified atom stereocenters. The number of hydrogen-bond donors (Lipinski definition) is 1. The fourth-order valence-corrected chi connectivity index (χ4v) is 2.85. The number of aromatic nitrogens is 2. The lowest BCUT2D eigenvalue weighted by Crippen LogP contribution is -2.38. The summed E-state index contributed by atoms with van der Waals surface area (Å²) in [5.41, 5.74) is 0.486. The standard InChI is InChI=1S/C13H21ClN4O2/c1-15-8-10-4-3-5-17(10)11-9-16-18(6-7-20-2)13(19)12(11)14/h9-10,15H,3-8H2,1-2H3. The van der Waals surface area contributed by atoms with Crippen LogP contribution in [-0.4, -0.2) is 49.7 Å². The van der Waals surface area contributed by atoms with Crippen molar-refractivity contribution in [3.8, 4) is 0 Å². The highest BCUT2D eigenvalue weighted by Gasteiger charge is 2.27. The summed E-state index contributed by atoms with van der Waals surface area (Å²) in [6.07, 6.45) is 3.90. The molecule has 1 fully saturated rings. The average molecular weight is 301 g/mol. The average Bonchev–Trinajstić information content (AvgIpc) is 2.89. The first-order valence-electron chi connectivity index (χ1n) is 6.84. The van der Waals surface area contributed by atoms with E-state index in [9.17, 15) is 4.79 Å². The van der Waals surface area contributed by atoms with Crippen molar-refractivity contribution < 1.29 is 4.74 Å². The van der Waals surface area contributed by atoms with Gasteiger partial charge in [-0.25, -0.2) is 4.68 Å². The Bertz CT molecular complexity index is 506. The molecule has 7 heteroatoms. The Kier molecular flexibility index (Phi) is 5.39. The molecular weight excluding hydrogens is 280 g/mol. The van der Waals surface area contributed by atoms with Gasteiger partial charge in [0.15, 0.2) is 0 Å². The second kappa shape index (κ2) is 7.06. The Morgan fingerprint density at radius 3 is 3.10 bits per heavy atom. The SMILES string of the molecule is CNCC1CCCN1c1cnn(CCOC)c(=O)c1Cl. The van der Waals surface area contributed by atoms with Crippen molar-refractivity contribution in [2.24, 2.45) is 0 Å². The summed E-state index contributed by atoms with van der Waals surface area (Å²) in [6.45, 7) is 2.64. The molecule has 1 aromatic heterocycles. The van der Waals surface area contributed by atoms with Crippen LogP contribution in [0.3, 0.4) is 0 Å². The molecule has 0 spiro atoms. The van der Waals surface area contributed by atoms with E-state index in [0.717, 1.165) is 31.6 Å². The Morgan fingerprint density at radius 2 is 2.40 bits per heavy atom. The van der Waals surface area contributed by atoms with Gasteiger partial charge in [-0.1, -0.05) is 11.6 Å². The molecule has 20 heavy (non-hydrogen) atoms. The molecule has 2 rings (SSSR count). The summed E-state index contributed by atoms with van der Waals surface area (Å²) in [6, 6.07) is 0.369. The number of methoxy groups -OCH3 is 1. The lowest BCUT2D eigenvalue weighted by atomic mass is 10.2. The van der Waals surface area contributed by atoms with Crippen molar-refractivity contribution in [2.45, 2.75) is 25.4 Å². The summed E-state index contributed by atoms with van der Waals surface area (Å²) in [5.74, 6) is 0. The fourth-order valence-electron chi connectivity index (χ4n) is 2.59. The van der Waals surface area contributed by atoms with E-state index in [4.69, 9.17) is 16.3 Å². The van der Waals surface area contributed by atoms with Crippen molar-refractivity contribution in [1.82, 2.24) is 15.1 Å². The Labute approximate surface area is 123 Å². The van der Waals surface area contributed by atoms with Crippen LogP contribution in [0.1, 0.15) is 12.8 Å². The number of anilines is 1.